The third-order valence-corrected chi connectivity index (χ3v) is 5.51. The van der Waals surface area contributed by atoms with Crippen LogP contribution in [0.4, 0.5) is 0 Å². The van der Waals surface area contributed by atoms with E-state index >= 15 is 0 Å². The van der Waals surface area contributed by atoms with Crippen molar-refractivity contribution in [1.29, 1.82) is 0 Å². The van der Waals surface area contributed by atoms with Crippen LogP contribution in [0.15, 0.2) is 34.9 Å². The van der Waals surface area contributed by atoms with E-state index in [2.05, 4.69) is 26.9 Å². The smallest absolute Gasteiger partial charge is 0.244 e. The molecular weight excluding hydrogens is 358 g/mol. The van der Waals surface area contributed by atoms with Gasteiger partial charge in [-0.15, -0.1) is 0 Å². The van der Waals surface area contributed by atoms with E-state index in [9.17, 15) is 4.79 Å². The van der Waals surface area contributed by atoms with Crippen molar-refractivity contribution < 1.29 is 14.1 Å². The molecule has 0 N–H and O–H groups in total. The van der Waals surface area contributed by atoms with Crippen molar-refractivity contribution in [3.8, 4) is 11.4 Å². The summed E-state index contributed by atoms with van der Waals surface area (Å²) in [5.41, 5.74) is 0.947. The molecule has 0 bridgehead atoms. The van der Waals surface area contributed by atoms with E-state index in [-0.39, 0.29) is 11.9 Å². The monoisotopic (exact) mass is 385 g/mol. The number of rotatable bonds is 5. The van der Waals surface area contributed by atoms with E-state index in [1.807, 2.05) is 35.2 Å². The SMILES string of the molecule is CC(c1nc(-c2ccccc2)no1)N1CCN(C(=O)CN2CCOCC2)CC1. The summed E-state index contributed by atoms with van der Waals surface area (Å²) in [5, 5.41) is 4.12. The first-order valence-electron chi connectivity index (χ1n) is 9.91. The van der Waals surface area contributed by atoms with Crippen molar-refractivity contribution in [1.82, 2.24) is 24.8 Å². The Bertz CT molecular complexity index is 767. The second-order valence-corrected chi connectivity index (χ2v) is 7.30. The van der Waals surface area contributed by atoms with Gasteiger partial charge in [-0.3, -0.25) is 14.6 Å². The molecule has 2 aliphatic heterocycles. The van der Waals surface area contributed by atoms with Crippen LogP contribution in [0.25, 0.3) is 11.4 Å². The number of carbonyl (C=O) groups excluding carboxylic acids is 1. The molecular formula is C20H27N5O3. The Labute approximate surface area is 165 Å². The lowest BCUT2D eigenvalue weighted by atomic mass is 10.2. The second kappa shape index (κ2) is 8.81. The standard InChI is InChI=1S/C20H27N5O3/c1-16(20-21-19(22-28-20)17-5-3-2-4-6-17)24-7-9-25(10-8-24)18(26)15-23-11-13-27-14-12-23/h2-6,16H,7-15H2,1H3. The Hall–Kier alpha value is -2.29. The van der Waals surface area contributed by atoms with E-state index < -0.39 is 0 Å². The van der Waals surface area contributed by atoms with E-state index in [1.54, 1.807) is 0 Å². The summed E-state index contributed by atoms with van der Waals surface area (Å²) in [7, 11) is 0. The summed E-state index contributed by atoms with van der Waals surface area (Å²) in [6, 6.07) is 9.86. The van der Waals surface area contributed by atoms with E-state index in [0.29, 0.717) is 31.5 Å². The molecule has 4 rings (SSSR count). The molecule has 1 unspecified atom stereocenters. The molecule has 1 amide bonds. The van der Waals surface area contributed by atoms with Gasteiger partial charge in [0.25, 0.3) is 0 Å². The molecule has 0 saturated carbocycles. The summed E-state index contributed by atoms with van der Waals surface area (Å²) in [6.07, 6.45) is 0. The van der Waals surface area contributed by atoms with Crippen LogP contribution in [-0.4, -0.2) is 89.8 Å². The van der Waals surface area contributed by atoms with Crippen molar-refractivity contribution in [2.75, 3.05) is 59.0 Å². The first kappa shape index (κ1) is 19.0. The van der Waals surface area contributed by atoms with Crippen LogP contribution in [0.1, 0.15) is 18.9 Å². The van der Waals surface area contributed by atoms with E-state index in [1.165, 1.54) is 0 Å². The number of benzene rings is 1. The van der Waals surface area contributed by atoms with Crippen LogP contribution < -0.4 is 0 Å². The zero-order chi connectivity index (χ0) is 19.3. The summed E-state index contributed by atoms with van der Waals surface area (Å²) in [6.45, 7) is 8.74. The number of hydrogen-bond donors (Lipinski definition) is 0. The number of morpholine rings is 1. The molecule has 1 atom stereocenters. The Kier molecular flexibility index (Phi) is 5.99. The average Bonchev–Trinajstić information content (AvgIpc) is 3.25. The Morgan fingerprint density at radius 3 is 2.50 bits per heavy atom. The van der Waals surface area contributed by atoms with Gasteiger partial charge >= 0.3 is 0 Å². The van der Waals surface area contributed by atoms with Gasteiger partial charge in [0.1, 0.15) is 0 Å². The molecule has 0 spiro atoms. The van der Waals surface area contributed by atoms with Crippen LogP contribution in [-0.2, 0) is 9.53 Å². The first-order valence-corrected chi connectivity index (χ1v) is 9.91. The van der Waals surface area contributed by atoms with Crippen molar-refractivity contribution in [3.63, 3.8) is 0 Å². The minimum absolute atomic E-state index is 0.0291. The molecule has 8 nitrogen and oxygen atoms in total. The topological polar surface area (TPSA) is 74.9 Å². The second-order valence-electron chi connectivity index (χ2n) is 7.30. The molecule has 2 fully saturated rings. The summed E-state index contributed by atoms with van der Waals surface area (Å²) >= 11 is 0. The molecule has 8 heteroatoms. The zero-order valence-corrected chi connectivity index (χ0v) is 16.3. The minimum atomic E-state index is 0.0291. The lowest BCUT2D eigenvalue weighted by Crippen LogP contribution is -2.52. The maximum atomic E-state index is 12.6. The predicted molar refractivity (Wildman–Crippen MR) is 104 cm³/mol. The normalized spacial score (nSPS) is 20.2. The quantitative estimate of drug-likeness (QED) is 0.767. The van der Waals surface area contributed by atoms with Gasteiger partial charge < -0.3 is 14.2 Å². The molecule has 2 aliphatic rings. The summed E-state index contributed by atoms with van der Waals surface area (Å²) in [5.74, 6) is 1.44. The van der Waals surface area contributed by atoms with Crippen molar-refractivity contribution in [2.24, 2.45) is 0 Å². The molecule has 1 aromatic heterocycles. The molecule has 2 aromatic rings. The van der Waals surface area contributed by atoms with Gasteiger partial charge in [-0.1, -0.05) is 35.5 Å². The number of nitrogens with zero attached hydrogens (tertiary/aromatic N) is 5. The van der Waals surface area contributed by atoms with Crippen LogP contribution >= 0.6 is 0 Å². The van der Waals surface area contributed by atoms with Crippen LogP contribution in [0.3, 0.4) is 0 Å². The molecule has 28 heavy (non-hydrogen) atoms. The van der Waals surface area contributed by atoms with Crippen LogP contribution in [0.2, 0.25) is 0 Å². The van der Waals surface area contributed by atoms with Gasteiger partial charge in [0.05, 0.1) is 25.8 Å². The van der Waals surface area contributed by atoms with Crippen LogP contribution in [0.5, 0.6) is 0 Å². The Balaban J connectivity index is 1.30. The number of ether oxygens (including phenoxy) is 1. The van der Waals surface area contributed by atoms with Crippen molar-refractivity contribution in [3.05, 3.63) is 36.2 Å². The highest BCUT2D eigenvalue weighted by Crippen LogP contribution is 2.23. The highest BCUT2D eigenvalue weighted by atomic mass is 16.5. The molecule has 150 valence electrons. The maximum Gasteiger partial charge on any atom is 0.244 e. The largest absolute Gasteiger partial charge is 0.379 e. The van der Waals surface area contributed by atoms with Gasteiger partial charge in [-0.25, -0.2) is 0 Å². The Morgan fingerprint density at radius 1 is 1.07 bits per heavy atom. The average molecular weight is 385 g/mol. The van der Waals surface area contributed by atoms with Crippen molar-refractivity contribution in [2.45, 2.75) is 13.0 Å². The first-order chi connectivity index (χ1) is 13.7. The number of carbonyl (C=O) groups is 1. The molecule has 1 aromatic carbocycles. The summed E-state index contributed by atoms with van der Waals surface area (Å²) < 4.78 is 10.9. The number of amides is 1. The number of aromatic nitrogens is 2. The fourth-order valence-electron chi connectivity index (χ4n) is 3.67. The fraction of sp³-hybridized carbons (Fsp3) is 0.550. The number of hydrogen-bond acceptors (Lipinski definition) is 7. The third-order valence-electron chi connectivity index (χ3n) is 5.51. The van der Waals surface area contributed by atoms with E-state index in [0.717, 1.165) is 44.8 Å². The molecule has 3 heterocycles. The lowest BCUT2D eigenvalue weighted by Gasteiger charge is -2.38. The Morgan fingerprint density at radius 2 is 1.79 bits per heavy atom. The van der Waals surface area contributed by atoms with Gasteiger partial charge in [0.15, 0.2) is 0 Å². The molecule has 2 saturated heterocycles. The molecule has 0 radical (unpaired) electrons. The highest BCUT2D eigenvalue weighted by molar-refractivity contribution is 5.78. The highest BCUT2D eigenvalue weighted by Gasteiger charge is 2.28. The van der Waals surface area contributed by atoms with Crippen LogP contribution in [0, 0.1) is 0 Å². The molecule has 0 aliphatic carbocycles. The summed E-state index contributed by atoms with van der Waals surface area (Å²) in [4.78, 5) is 23.5. The van der Waals surface area contributed by atoms with E-state index in [4.69, 9.17) is 9.26 Å². The lowest BCUT2D eigenvalue weighted by molar-refractivity contribution is -0.135. The fourth-order valence-corrected chi connectivity index (χ4v) is 3.67. The maximum absolute atomic E-state index is 12.6. The van der Waals surface area contributed by atoms with Gasteiger partial charge in [0, 0.05) is 44.8 Å². The number of piperazine rings is 1. The minimum Gasteiger partial charge on any atom is -0.379 e. The van der Waals surface area contributed by atoms with Gasteiger partial charge in [0.2, 0.25) is 17.6 Å². The zero-order valence-electron chi connectivity index (χ0n) is 16.3. The predicted octanol–water partition coefficient (Wildman–Crippen LogP) is 1.27. The van der Waals surface area contributed by atoms with Gasteiger partial charge in [-0.05, 0) is 6.92 Å². The third kappa shape index (κ3) is 4.40. The van der Waals surface area contributed by atoms with Crippen molar-refractivity contribution >= 4 is 5.91 Å². The van der Waals surface area contributed by atoms with Gasteiger partial charge in [-0.2, -0.15) is 4.98 Å².